The van der Waals surface area contributed by atoms with Gasteiger partial charge in [0.25, 0.3) is 0 Å². The van der Waals surface area contributed by atoms with Gasteiger partial charge in [0, 0.05) is 4.47 Å². The fraction of sp³-hybridized carbons (Fsp3) is 0.0714. The molecular weight excluding hydrogens is 308 g/mol. The van der Waals surface area contributed by atoms with E-state index in [1.807, 2.05) is 30.3 Å². The second-order valence-electron chi connectivity index (χ2n) is 4.16. The molecular formula is C14H11BrN2S. The van der Waals surface area contributed by atoms with Gasteiger partial charge in [0.2, 0.25) is 0 Å². The summed E-state index contributed by atoms with van der Waals surface area (Å²) >= 11 is 8.86. The normalized spacial score (nSPS) is 10.9. The van der Waals surface area contributed by atoms with Crippen molar-refractivity contribution in [1.29, 1.82) is 0 Å². The molecule has 1 heterocycles. The molecule has 18 heavy (non-hydrogen) atoms. The Balaban J connectivity index is 2.12. The number of hydrogen-bond acceptors (Lipinski definition) is 1. The molecule has 1 N–H and O–H groups in total. The second kappa shape index (κ2) is 4.71. The summed E-state index contributed by atoms with van der Waals surface area (Å²) in [4.78, 5) is 3.24. The zero-order valence-corrected chi connectivity index (χ0v) is 12.0. The Morgan fingerprint density at radius 3 is 2.67 bits per heavy atom. The Hall–Kier alpha value is -1.39. The van der Waals surface area contributed by atoms with Crippen LogP contribution in [0.25, 0.3) is 11.0 Å². The molecule has 0 fully saturated rings. The summed E-state index contributed by atoms with van der Waals surface area (Å²) in [5.74, 6) is 0. The molecule has 3 rings (SSSR count). The molecule has 3 aromatic rings. The van der Waals surface area contributed by atoms with Gasteiger partial charge in [-0.2, -0.15) is 0 Å². The number of nitrogens with zero attached hydrogens (tertiary/aromatic N) is 1. The largest absolute Gasteiger partial charge is 0.331 e. The minimum absolute atomic E-state index is 0.756. The molecule has 0 spiro atoms. The van der Waals surface area contributed by atoms with Crippen molar-refractivity contribution in [2.75, 3.05) is 0 Å². The number of fused-ring (bicyclic) bond motifs is 1. The number of halogens is 1. The van der Waals surface area contributed by atoms with Crippen molar-refractivity contribution in [3.8, 4) is 0 Å². The maximum Gasteiger partial charge on any atom is 0.178 e. The van der Waals surface area contributed by atoms with Crippen molar-refractivity contribution in [3.63, 3.8) is 0 Å². The molecule has 0 aliphatic heterocycles. The summed E-state index contributed by atoms with van der Waals surface area (Å²) in [6, 6.07) is 16.5. The predicted molar refractivity (Wildman–Crippen MR) is 80.4 cm³/mol. The van der Waals surface area contributed by atoms with Crippen molar-refractivity contribution < 1.29 is 0 Å². The smallest absolute Gasteiger partial charge is 0.178 e. The third-order valence-electron chi connectivity index (χ3n) is 2.92. The number of aromatic nitrogens is 2. The van der Waals surface area contributed by atoms with Crippen LogP contribution in [0.1, 0.15) is 5.56 Å². The Bertz CT molecular complexity index is 743. The Morgan fingerprint density at radius 2 is 1.89 bits per heavy atom. The van der Waals surface area contributed by atoms with E-state index < -0.39 is 0 Å². The highest BCUT2D eigenvalue weighted by atomic mass is 79.9. The minimum atomic E-state index is 0.756. The lowest BCUT2D eigenvalue weighted by molar-refractivity contribution is 0.810. The molecule has 0 saturated carbocycles. The number of hydrogen-bond donors (Lipinski definition) is 1. The molecule has 0 aliphatic rings. The van der Waals surface area contributed by atoms with Gasteiger partial charge < -0.3 is 9.55 Å². The van der Waals surface area contributed by atoms with E-state index in [0.29, 0.717) is 0 Å². The zero-order valence-electron chi connectivity index (χ0n) is 9.56. The highest BCUT2D eigenvalue weighted by Gasteiger charge is 2.05. The lowest BCUT2D eigenvalue weighted by Crippen LogP contribution is -1.99. The topological polar surface area (TPSA) is 20.7 Å². The van der Waals surface area contributed by atoms with E-state index in [-0.39, 0.29) is 0 Å². The van der Waals surface area contributed by atoms with Crippen LogP contribution in [0.3, 0.4) is 0 Å². The molecule has 0 amide bonds. The van der Waals surface area contributed by atoms with Gasteiger partial charge in [-0.1, -0.05) is 46.3 Å². The first-order chi connectivity index (χ1) is 8.74. The van der Waals surface area contributed by atoms with Crippen LogP contribution in [0.4, 0.5) is 0 Å². The number of H-pyrrole nitrogens is 1. The fourth-order valence-electron chi connectivity index (χ4n) is 2.06. The van der Waals surface area contributed by atoms with E-state index in [1.54, 1.807) is 0 Å². The Kier molecular flexibility index (Phi) is 3.06. The number of benzene rings is 2. The summed E-state index contributed by atoms with van der Waals surface area (Å²) in [6.07, 6.45) is 0. The van der Waals surface area contributed by atoms with Crippen LogP contribution < -0.4 is 0 Å². The molecule has 0 saturated heterocycles. The van der Waals surface area contributed by atoms with Gasteiger partial charge in [-0.3, -0.25) is 0 Å². The van der Waals surface area contributed by atoms with Crippen molar-refractivity contribution in [1.82, 2.24) is 9.55 Å². The van der Waals surface area contributed by atoms with Crippen LogP contribution in [0.5, 0.6) is 0 Å². The van der Waals surface area contributed by atoms with Crippen molar-refractivity contribution in [2.24, 2.45) is 0 Å². The van der Waals surface area contributed by atoms with Gasteiger partial charge in [-0.25, -0.2) is 0 Å². The van der Waals surface area contributed by atoms with Gasteiger partial charge in [0.15, 0.2) is 4.77 Å². The van der Waals surface area contributed by atoms with Crippen LogP contribution in [-0.4, -0.2) is 9.55 Å². The molecule has 90 valence electrons. The van der Waals surface area contributed by atoms with Crippen molar-refractivity contribution >= 4 is 39.2 Å². The van der Waals surface area contributed by atoms with Crippen LogP contribution in [-0.2, 0) is 6.54 Å². The maximum absolute atomic E-state index is 5.39. The van der Waals surface area contributed by atoms with Crippen molar-refractivity contribution in [2.45, 2.75) is 6.54 Å². The van der Waals surface area contributed by atoms with Crippen LogP contribution in [0.15, 0.2) is 53.0 Å². The van der Waals surface area contributed by atoms with E-state index in [1.165, 1.54) is 5.56 Å². The summed E-state index contributed by atoms with van der Waals surface area (Å²) < 4.78 is 3.93. The first kappa shape index (κ1) is 11.7. The van der Waals surface area contributed by atoms with Gasteiger partial charge >= 0.3 is 0 Å². The summed E-state index contributed by atoms with van der Waals surface area (Å²) in [6.45, 7) is 0.793. The predicted octanol–water partition coefficient (Wildman–Crippen LogP) is 4.51. The van der Waals surface area contributed by atoms with Gasteiger partial charge in [-0.15, -0.1) is 0 Å². The average Bonchev–Trinajstić information content (AvgIpc) is 2.66. The minimum Gasteiger partial charge on any atom is -0.331 e. The van der Waals surface area contributed by atoms with Crippen molar-refractivity contribution in [3.05, 3.63) is 63.3 Å². The van der Waals surface area contributed by atoms with Gasteiger partial charge in [0.1, 0.15) is 0 Å². The van der Waals surface area contributed by atoms with Gasteiger partial charge in [0.05, 0.1) is 17.6 Å². The third kappa shape index (κ3) is 2.13. The van der Waals surface area contributed by atoms with E-state index in [0.717, 1.165) is 26.8 Å². The number of nitrogens with one attached hydrogen (secondary N) is 1. The van der Waals surface area contributed by atoms with E-state index in [4.69, 9.17) is 12.2 Å². The molecule has 0 atom stereocenters. The molecule has 4 heteroatoms. The fourth-order valence-corrected chi connectivity index (χ4v) is 2.69. The molecule has 2 nitrogen and oxygen atoms in total. The highest BCUT2D eigenvalue weighted by molar-refractivity contribution is 9.10. The number of rotatable bonds is 2. The highest BCUT2D eigenvalue weighted by Crippen LogP contribution is 2.20. The SMILES string of the molecule is S=c1[nH]c2cc(Br)ccc2n1Cc1ccccc1. The van der Waals surface area contributed by atoms with Crippen LogP contribution in [0, 0.1) is 4.77 Å². The average molecular weight is 319 g/mol. The lowest BCUT2D eigenvalue weighted by Gasteiger charge is -2.04. The monoisotopic (exact) mass is 318 g/mol. The Labute approximate surface area is 118 Å². The summed E-state index contributed by atoms with van der Waals surface area (Å²) in [5.41, 5.74) is 3.44. The molecule has 2 aromatic carbocycles. The summed E-state index contributed by atoms with van der Waals surface area (Å²) in [7, 11) is 0. The van der Waals surface area contributed by atoms with Crippen LogP contribution >= 0.6 is 28.1 Å². The molecule has 0 bridgehead atoms. The zero-order chi connectivity index (χ0) is 12.5. The van der Waals surface area contributed by atoms with Crippen LogP contribution in [0.2, 0.25) is 0 Å². The van der Waals surface area contributed by atoms with E-state index in [2.05, 4.69) is 43.7 Å². The second-order valence-corrected chi connectivity index (χ2v) is 5.47. The quantitative estimate of drug-likeness (QED) is 0.689. The molecule has 0 aliphatic carbocycles. The first-order valence-corrected chi connectivity index (χ1v) is 6.86. The Morgan fingerprint density at radius 1 is 1.11 bits per heavy atom. The summed E-state index contributed by atoms with van der Waals surface area (Å²) in [5, 5.41) is 0. The lowest BCUT2D eigenvalue weighted by atomic mass is 10.2. The number of aromatic amines is 1. The van der Waals surface area contributed by atoms with E-state index in [9.17, 15) is 0 Å². The molecule has 0 unspecified atom stereocenters. The van der Waals surface area contributed by atoms with Gasteiger partial charge in [-0.05, 0) is 36.0 Å². The maximum atomic E-state index is 5.39. The third-order valence-corrected chi connectivity index (χ3v) is 3.74. The molecule has 1 aromatic heterocycles. The number of imidazole rings is 1. The standard InChI is InChI=1S/C14H11BrN2S/c15-11-6-7-13-12(8-11)16-14(18)17(13)9-10-4-2-1-3-5-10/h1-8H,9H2,(H,16,18). The van der Waals surface area contributed by atoms with E-state index >= 15 is 0 Å². The first-order valence-electron chi connectivity index (χ1n) is 5.66. The molecule has 0 radical (unpaired) electrons.